The number of benzene rings is 2. The summed E-state index contributed by atoms with van der Waals surface area (Å²) in [6, 6.07) is 18.0. The van der Waals surface area contributed by atoms with E-state index in [-0.39, 0.29) is 24.1 Å². The Morgan fingerprint density at radius 2 is 1.71 bits per heavy atom. The molecule has 0 aliphatic rings. The van der Waals surface area contributed by atoms with Crippen LogP contribution < -0.4 is 5.32 Å². The molecule has 1 aromatic heterocycles. The molecule has 1 heterocycles. The average Bonchev–Trinajstić information content (AvgIpc) is 3.10. The van der Waals surface area contributed by atoms with Gasteiger partial charge in [-0.15, -0.1) is 0 Å². The van der Waals surface area contributed by atoms with Crippen LogP contribution in [0.25, 0.3) is 0 Å². The minimum Gasteiger partial charge on any atom is -0.346 e. The van der Waals surface area contributed by atoms with Gasteiger partial charge in [0.05, 0.1) is 18.2 Å². The number of carbonyl (C=O) groups excluding carboxylic acids is 1. The van der Waals surface area contributed by atoms with Crippen molar-refractivity contribution in [3.8, 4) is 0 Å². The Morgan fingerprint density at radius 1 is 1.04 bits per heavy atom. The number of hydrogen-bond acceptors (Lipinski definition) is 1. The molecule has 0 spiro atoms. The van der Waals surface area contributed by atoms with Gasteiger partial charge in [-0.2, -0.15) is 0 Å². The van der Waals surface area contributed by atoms with Gasteiger partial charge in [0.2, 0.25) is 5.91 Å². The third-order valence-corrected chi connectivity index (χ3v) is 3.98. The van der Waals surface area contributed by atoms with Crippen molar-refractivity contribution in [2.45, 2.75) is 19.4 Å². The molecule has 24 heavy (non-hydrogen) atoms. The fourth-order valence-corrected chi connectivity index (χ4v) is 2.68. The molecular weight excluding hydrogens is 303 g/mol. The number of carbonyl (C=O) groups is 1. The maximum absolute atomic E-state index is 13.7. The molecule has 4 heteroatoms. The maximum atomic E-state index is 13.7. The smallest absolute Gasteiger partial charge is 0.226 e. The van der Waals surface area contributed by atoms with E-state index in [4.69, 9.17) is 0 Å². The number of amides is 1. The van der Waals surface area contributed by atoms with E-state index >= 15 is 0 Å². The number of aromatic nitrogens is 1. The van der Waals surface area contributed by atoms with Gasteiger partial charge in [0.15, 0.2) is 0 Å². The third-order valence-electron chi connectivity index (χ3n) is 3.98. The largest absolute Gasteiger partial charge is 0.346 e. The Hall–Kier alpha value is -2.88. The van der Waals surface area contributed by atoms with Crippen molar-refractivity contribution >= 4 is 11.6 Å². The number of hydrogen-bond donors (Lipinski definition) is 1. The second-order valence-corrected chi connectivity index (χ2v) is 5.79. The van der Waals surface area contributed by atoms with Crippen LogP contribution in [0.3, 0.4) is 0 Å². The van der Waals surface area contributed by atoms with Gasteiger partial charge in [-0.3, -0.25) is 4.79 Å². The summed E-state index contributed by atoms with van der Waals surface area (Å²) in [5.41, 5.74) is 2.42. The Kier molecular flexibility index (Phi) is 4.75. The molecule has 3 nitrogen and oxygen atoms in total. The summed E-state index contributed by atoms with van der Waals surface area (Å²) in [7, 11) is 0. The van der Waals surface area contributed by atoms with Crippen LogP contribution >= 0.6 is 0 Å². The molecule has 0 bridgehead atoms. The van der Waals surface area contributed by atoms with Crippen LogP contribution in [-0.4, -0.2) is 10.5 Å². The lowest BCUT2D eigenvalue weighted by Crippen LogP contribution is -2.20. The normalized spacial score (nSPS) is 11.9. The maximum Gasteiger partial charge on any atom is 0.226 e. The summed E-state index contributed by atoms with van der Waals surface area (Å²) >= 11 is 0. The monoisotopic (exact) mass is 322 g/mol. The Morgan fingerprint density at radius 3 is 2.38 bits per heavy atom. The summed E-state index contributed by atoms with van der Waals surface area (Å²) in [4.78, 5) is 12.4. The van der Waals surface area contributed by atoms with Crippen molar-refractivity contribution in [2.75, 3.05) is 5.32 Å². The van der Waals surface area contributed by atoms with Gasteiger partial charge in [-0.25, -0.2) is 4.39 Å². The molecule has 0 unspecified atom stereocenters. The highest BCUT2D eigenvalue weighted by Crippen LogP contribution is 2.24. The van der Waals surface area contributed by atoms with Crippen molar-refractivity contribution in [2.24, 2.45) is 0 Å². The predicted molar refractivity (Wildman–Crippen MR) is 93.4 cm³/mol. The summed E-state index contributed by atoms with van der Waals surface area (Å²) in [6.45, 7) is 2.03. The summed E-state index contributed by atoms with van der Waals surface area (Å²) in [6.07, 6.45) is 4.09. The molecule has 0 fully saturated rings. The van der Waals surface area contributed by atoms with Gasteiger partial charge in [0.1, 0.15) is 5.82 Å². The van der Waals surface area contributed by atoms with E-state index in [1.54, 1.807) is 18.2 Å². The van der Waals surface area contributed by atoms with E-state index in [1.807, 2.05) is 60.3 Å². The van der Waals surface area contributed by atoms with E-state index in [2.05, 4.69) is 5.32 Å². The van der Waals surface area contributed by atoms with E-state index in [0.29, 0.717) is 0 Å². The summed E-state index contributed by atoms with van der Waals surface area (Å²) < 4.78 is 15.7. The molecule has 1 N–H and O–H groups in total. The van der Waals surface area contributed by atoms with E-state index < -0.39 is 5.82 Å². The molecule has 122 valence electrons. The predicted octanol–water partition coefficient (Wildman–Crippen LogP) is 4.55. The zero-order chi connectivity index (χ0) is 16.9. The highest BCUT2D eigenvalue weighted by Gasteiger charge is 2.18. The van der Waals surface area contributed by atoms with Crippen molar-refractivity contribution in [1.29, 1.82) is 0 Å². The van der Waals surface area contributed by atoms with E-state index in [1.165, 1.54) is 11.6 Å². The van der Waals surface area contributed by atoms with Crippen LogP contribution in [0.1, 0.15) is 23.6 Å². The number of rotatable bonds is 5. The lowest BCUT2D eigenvalue weighted by molar-refractivity contribution is -0.116. The second kappa shape index (κ2) is 7.13. The zero-order valence-electron chi connectivity index (χ0n) is 13.4. The van der Waals surface area contributed by atoms with Crippen molar-refractivity contribution < 1.29 is 9.18 Å². The number of aryl methyl sites for hydroxylation is 1. The number of nitrogens with zero attached hydrogens (tertiary/aromatic N) is 1. The highest BCUT2D eigenvalue weighted by molar-refractivity contribution is 5.91. The minimum atomic E-state index is -0.432. The topological polar surface area (TPSA) is 34.0 Å². The molecule has 3 aromatic rings. The zero-order valence-corrected chi connectivity index (χ0v) is 13.4. The summed E-state index contributed by atoms with van der Waals surface area (Å²) in [5.74, 6) is -0.655. The van der Waals surface area contributed by atoms with Gasteiger partial charge >= 0.3 is 0 Å². The van der Waals surface area contributed by atoms with Crippen LogP contribution in [-0.2, 0) is 4.79 Å². The van der Waals surface area contributed by atoms with Crippen LogP contribution in [0.5, 0.6) is 0 Å². The van der Waals surface area contributed by atoms with Gasteiger partial charge in [0.25, 0.3) is 0 Å². The van der Waals surface area contributed by atoms with Gasteiger partial charge in [0, 0.05) is 12.4 Å². The molecule has 2 aromatic carbocycles. The van der Waals surface area contributed by atoms with Crippen LogP contribution in [0, 0.1) is 12.7 Å². The molecule has 0 saturated carbocycles. The van der Waals surface area contributed by atoms with Crippen LogP contribution in [0.4, 0.5) is 10.1 Å². The minimum absolute atomic E-state index is 0.132. The number of para-hydroxylation sites is 1. The number of halogens is 1. The molecule has 1 atom stereocenters. The fourth-order valence-electron chi connectivity index (χ4n) is 2.68. The number of nitrogens with one attached hydrogen (secondary N) is 1. The summed E-state index contributed by atoms with van der Waals surface area (Å²) in [5, 5.41) is 2.66. The van der Waals surface area contributed by atoms with Crippen molar-refractivity contribution in [3.05, 3.63) is 90.0 Å². The standard InChI is InChI=1S/C20H19FN2O/c1-15-8-10-16(11-9-15)19(23-12-4-5-13-23)14-20(24)22-18-7-3-2-6-17(18)21/h2-13,19H,14H2,1H3,(H,22,24)/t19-/m0/s1. The van der Waals surface area contributed by atoms with Crippen molar-refractivity contribution in [1.82, 2.24) is 4.57 Å². The first-order valence-electron chi connectivity index (χ1n) is 7.87. The third kappa shape index (κ3) is 3.71. The molecule has 0 radical (unpaired) electrons. The first-order valence-corrected chi connectivity index (χ1v) is 7.87. The molecule has 1 amide bonds. The van der Waals surface area contributed by atoms with Crippen molar-refractivity contribution in [3.63, 3.8) is 0 Å². The quantitative estimate of drug-likeness (QED) is 0.734. The first-order chi connectivity index (χ1) is 11.6. The molecule has 0 aliphatic heterocycles. The SMILES string of the molecule is Cc1ccc([C@H](CC(=O)Nc2ccccc2F)n2cccc2)cc1. The molecule has 3 rings (SSSR count). The van der Waals surface area contributed by atoms with Gasteiger partial charge < -0.3 is 9.88 Å². The van der Waals surface area contributed by atoms with Crippen LogP contribution in [0.15, 0.2) is 73.1 Å². The molecular formula is C20H19FN2O. The van der Waals surface area contributed by atoms with E-state index in [0.717, 1.165) is 5.56 Å². The lowest BCUT2D eigenvalue weighted by atomic mass is 10.0. The Labute approximate surface area is 140 Å². The average molecular weight is 322 g/mol. The van der Waals surface area contributed by atoms with E-state index in [9.17, 15) is 9.18 Å². The number of anilines is 1. The lowest BCUT2D eigenvalue weighted by Gasteiger charge is -2.19. The highest BCUT2D eigenvalue weighted by atomic mass is 19.1. The first kappa shape index (κ1) is 16.0. The second-order valence-electron chi connectivity index (χ2n) is 5.79. The Bertz CT molecular complexity index is 810. The fraction of sp³-hybridized carbons (Fsp3) is 0.150. The van der Waals surface area contributed by atoms with Gasteiger partial charge in [-0.05, 0) is 36.8 Å². The van der Waals surface area contributed by atoms with Gasteiger partial charge in [-0.1, -0.05) is 42.0 Å². The Balaban J connectivity index is 1.81. The molecule has 0 saturated heterocycles. The van der Waals surface area contributed by atoms with Crippen LogP contribution in [0.2, 0.25) is 0 Å². The molecule has 0 aliphatic carbocycles.